The van der Waals surface area contributed by atoms with Gasteiger partial charge in [0.25, 0.3) is 0 Å². The fourth-order valence-electron chi connectivity index (χ4n) is 1.42. The summed E-state index contributed by atoms with van der Waals surface area (Å²) in [6, 6.07) is 5.52. The Balaban J connectivity index is 2.51. The van der Waals surface area contributed by atoms with Gasteiger partial charge in [-0.05, 0) is 18.6 Å². The Morgan fingerprint density at radius 2 is 1.95 bits per heavy atom. The van der Waals surface area contributed by atoms with Crippen molar-refractivity contribution in [3.63, 3.8) is 0 Å². The molecule has 0 bridgehead atoms. The normalized spacial score (nSPS) is 11.9. The molecule has 4 nitrogen and oxygen atoms in total. The molecule has 1 amide bonds. The highest BCUT2D eigenvalue weighted by Gasteiger charge is 2.16. The highest BCUT2D eigenvalue weighted by atomic mass is 32.2. The van der Waals surface area contributed by atoms with Gasteiger partial charge in [0.05, 0.1) is 11.3 Å². The van der Waals surface area contributed by atoms with E-state index in [4.69, 9.17) is 0 Å². The predicted octanol–water partition coefficient (Wildman–Crippen LogP) is 1.28. The summed E-state index contributed by atoms with van der Waals surface area (Å²) in [6.07, 6.45) is 0.784. The second kappa shape index (κ2) is 7.78. The minimum Gasteiger partial charge on any atom is -0.355 e. The molecular formula is C13H16FNO3S. The van der Waals surface area contributed by atoms with E-state index in [9.17, 15) is 18.2 Å². The van der Waals surface area contributed by atoms with Crippen molar-refractivity contribution in [1.29, 1.82) is 0 Å². The van der Waals surface area contributed by atoms with Gasteiger partial charge in [-0.3, -0.25) is 13.8 Å². The lowest BCUT2D eigenvalue weighted by molar-refractivity contribution is -0.118. The number of ketones is 1. The second-order valence-corrected chi connectivity index (χ2v) is 5.44. The Morgan fingerprint density at radius 3 is 2.58 bits per heavy atom. The number of carbonyl (C=O) groups is 2. The Labute approximate surface area is 113 Å². The number of Topliss-reactive ketones (excluding diaryl/α,β-unsaturated/α-hetero) is 1. The molecule has 1 N–H and O–H groups in total. The maximum absolute atomic E-state index is 13.3. The van der Waals surface area contributed by atoms with Gasteiger partial charge >= 0.3 is 0 Å². The van der Waals surface area contributed by atoms with Crippen LogP contribution in [-0.4, -0.2) is 33.9 Å². The molecule has 1 aromatic carbocycles. The summed E-state index contributed by atoms with van der Waals surface area (Å²) < 4.78 is 24.9. The number of amides is 1. The van der Waals surface area contributed by atoms with Crippen molar-refractivity contribution in [2.24, 2.45) is 0 Å². The molecule has 1 rings (SSSR count). The summed E-state index contributed by atoms with van der Waals surface area (Å²) in [5.74, 6) is -2.14. The van der Waals surface area contributed by atoms with E-state index < -0.39 is 22.4 Å². The number of carbonyl (C=O) groups excluding carboxylic acids is 2. The molecule has 19 heavy (non-hydrogen) atoms. The predicted molar refractivity (Wildman–Crippen MR) is 71.9 cm³/mol. The number of rotatable bonds is 7. The minimum absolute atomic E-state index is 0.0928. The number of nitrogens with one attached hydrogen (secondary N) is 1. The third kappa shape index (κ3) is 5.30. The van der Waals surface area contributed by atoms with E-state index in [-0.39, 0.29) is 23.0 Å². The van der Waals surface area contributed by atoms with E-state index >= 15 is 0 Å². The van der Waals surface area contributed by atoms with Gasteiger partial charge in [0.1, 0.15) is 11.6 Å². The molecule has 0 heterocycles. The lowest BCUT2D eigenvalue weighted by Crippen LogP contribution is -2.30. The van der Waals surface area contributed by atoms with Gasteiger partial charge in [0, 0.05) is 17.3 Å². The maximum atomic E-state index is 13.3. The molecule has 1 unspecified atom stereocenters. The minimum atomic E-state index is -1.62. The Bertz CT molecular complexity index is 491. The quantitative estimate of drug-likeness (QED) is 0.768. The van der Waals surface area contributed by atoms with Crippen molar-refractivity contribution in [1.82, 2.24) is 5.32 Å². The van der Waals surface area contributed by atoms with E-state index in [1.807, 2.05) is 6.92 Å². The number of benzene rings is 1. The molecule has 0 aliphatic rings. The fraction of sp³-hybridized carbons (Fsp3) is 0.385. The highest BCUT2D eigenvalue weighted by molar-refractivity contribution is 7.86. The SMILES string of the molecule is CCCNC(=O)CS(=O)CC(=O)c1ccccc1F. The van der Waals surface area contributed by atoms with Crippen LogP contribution in [0.4, 0.5) is 4.39 Å². The first-order chi connectivity index (χ1) is 9.04. The zero-order chi connectivity index (χ0) is 14.3. The standard InChI is InChI=1S/C13H16FNO3S/c1-2-7-15-13(17)9-19(18)8-12(16)10-5-3-4-6-11(10)14/h3-6H,2,7-9H2,1H3,(H,15,17). The molecule has 0 spiro atoms. The summed E-state index contributed by atoms with van der Waals surface area (Å²) in [6.45, 7) is 2.41. The van der Waals surface area contributed by atoms with Gasteiger partial charge in [-0.25, -0.2) is 4.39 Å². The van der Waals surface area contributed by atoms with Crippen molar-refractivity contribution in [2.75, 3.05) is 18.1 Å². The lowest BCUT2D eigenvalue weighted by atomic mass is 10.1. The Kier molecular flexibility index (Phi) is 6.35. The van der Waals surface area contributed by atoms with Gasteiger partial charge in [-0.2, -0.15) is 0 Å². The van der Waals surface area contributed by atoms with Crippen LogP contribution in [0.25, 0.3) is 0 Å². The molecule has 0 saturated carbocycles. The van der Waals surface area contributed by atoms with E-state index in [0.717, 1.165) is 6.42 Å². The van der Waals surface area contributed by atoms with Gasteiger partial charge in [-0.15, -0.1) is 0 Å². The summed E-state index contributed by atoms with van der Waals surface area (Å²) in [5, 5.41) is 2.57. The summed E-state index contributed by atoms with van der Waals surface area (Å²) in [5.41, 5.74) is -0.0928. The van der Waals surface area contributed by atoms with Crippen molar-refractivity contribution in [3.8, 4) is 0 Å². The van der Waals surface area contributed by atoms with Crippen molar-refractivity contribution in [3.05, 3.63) is 35.6 Å². The third-order valence-corrected chi connectivity index (χ3v) is 3.50. The molecule has 104 valence electrons. The van der Waals surface area contributed by atoms with Crippen LogP contribution < -0.4 is 5.32 Å². The maximum Gasteiger partial charge on any atom is 0.232 e. The second-order valence-electron chi connectivity index (χ2n) is 3.98. The third-order valence-electron chi connectivity index (χ3n) is 2.33. The van der Waals surface area contributed by atoms with Crippen molar-refractivity contribution < 1.29 is 18.2 Å². The van der Waals surface area contributed by atoms with Crippen LogP contribution in [0, 0.1) is 5.82 Å². The number of hydrogen-bond donors (Lipinski definition) is 1. The fourth-order valence-corrected chi connectivity index (χ4v) is 2.37. The smallest absolute Gasteiger partial charge is 0.232 e. The van der Waals surface area contributed by atoms with Crippen LogP contribution in [0.2, 0.25) is 0 Å². The number of halogens is 1. The van der Waals surface area contributed by atoms with Gasteiger partial charge in [0.15, 0.2) is 5.78 Å². The van der Waals surface area contributed by atoms with E-state index in [1.54, 1.807) is 0 Å². The highest BCUT2D eigenvalue weighted by Crippen LogP contribution is 2.07. The summed E-state index contributed by atoms with van der Waals surface area (Å²) in [4.78, 5) is 23.0. The molecule has 6 heteroatoms. The first-order valence-electron chi connectivity index (χ1n) is 5.94. The number of hydrogen-bond acceptors (Lipinski definition) is 3. The molecular weight excluding hydrogens is 269 g/mol. The summed E-state index contributed by atoms with van der Waals surface area (Å²) >= 11 is 0. The van der Waals surface area contributed by atoms with Crippen LogP contribution in [-0.2, 0) is 15.6 Å². The van der Waals surface area contributed by atoms with Gasteiger partial charge < -0.3 is 5.32 Å². The largest absolute Gasteiger partial charge is 0.355 e. The Morgan fingerprint density at radius 1 is 1.26 bits per heavy atom. The van der Waals surface area contributed by atoms with Crippen LogP contribution in [0.5, 0.6) is 0 Å². The molecule has 1 atom stereocenters. The average molecular weight is 285 g/mol. The molecule has 0 aliphatic heterocycles. The monoisotopic (exact) mass is 285 g/mol. The first kappa shape index (κ1) is 15.5. The molecule has 1 aromatic rings. The van der Waals surface area contributed by atoms with E-state index in [1.165, 1.54) is 24.3 Å². The van der Waals surface area contributed by atoms with Crippen LogP contribution in [0.15, 0.2) is 24.3 Å². The zero-order valence-electron chi connectivity index (χ0n) is 10.6. The first-order valence-corrected chi connectivity index (χ1v) is 7.42. The zero-order valence-corrected chi connectivity index (χ0v) is 11.5. The average Bonchev–Trinajstić information content (AvgIpc) is 2.36. The van der Waals surface area contributed by atoms with Crippen molar-refractivity contribution >= 4 is 22.5 Å². The summed E-state index contributed by atoms with van der Waals surface area (Å²) in [7, 11) is -1.62. The van der Waals surface area contributed by atoms with Crippen molar-refractivity contribution in [2.45, 2.75) is 13.3 Å². The van der Waals surface area contributed by atoms with Crippen LogP contribution >= 0.6 is 0 Å². The van der Waals surface area contributed by atoms with Gasteiger partial charge in [0.2, 0.25) is 5.91 Å². The molecule has 0 fully saturated rings. The van der Waals surface area contributed by atoms with E-state index in [0.29, 0.717) is 6.54 Å². The van der Waals surface area contributed by atoms with Crippen LogP contribution in [0.1, 0.15) is 23.7 Å². The molecule has 0 aromatic heterocycles. The topological polar surface area (TPSA) is 63.2 Å². The Hall–Kier alpha value is -1.56. The lowest BCUT2D eigenvalue weighted by Gasteiger charge is -2.04. The van der Waals surface area contributed by atoms with E-state index in [2.05, 4.69) is 5.32 Å². The van der Waals surface area contributed by atoms with Crippen LogP contribution in [0.3, 0.4) is 0 Å². The molecule has 0 saturated heterocycles. The molecule has 0 radical (unpaired) electrons. The molecule has 0 aliphatic carbocycles. The van der Waals surface area contributed by atoms with Gasteiger partial charge in [-0.1, -0.05) is 19.1 Å².